The van der Waals surface area contributed by atoms with Crippen molar-refractivity contribution < 1.29 is 14.3 Å². The monoisotopic (exact) mass is 306 g/mol. The molecule has 0 aromatic carbocycles. The van der Waals surface area contributed by atoms with Crippen LogP contribution in [0.15, 0.2) is 0 Å². The lowest BCUT2D eigenvalue weighted by Gasteiger charge is -2.37. The van der Waals surface area contributed by atoms with Crippen molar-refractivity contribution in [3.8, 4) is 0 Å². The van der Waals surface area contributed by atoms with Crippen molar-refractivity contribution in [2.45, 2.75) is 44.2 Å². The van der Waals surface area contributed by atoms with E-state index >= 15 is 0 Å². The summed E-state index contributed by atoms with van der Waals surface area (Å²) in [5.74, 6) is 0.573. The standard InChI is InChI=1S/C14H26N2O3.ClH/c1-11(12-3-9-19-10-4-12)16-13(17)14(18-2)5-7-15-8-6-14;/h11-12,15H,3-10H2,1-2H3,(H,16,17);1H. The molecule has 0 saturated carbocycles. The number of nitrogens with one attached hydrogen (secondary N) is 2. The number of amides is 1. The second-order valence-electron chi connectivity index (χ2n) is 5.66. The molecule has 0 radical (unpaired) electrons. The first kappa shape index (κ1) is 17.7. The van der Waals surface area contributed by atoms with Gasteiger partial charge in [-0.15, -0.1) is 12.4 Å². The first-order valence-corrected chi connectivity index (χ1v) is 7.32. The van der Waals surface area contributed by atoms with Crippen LogP contribution in [0.3, 0.4) is 0 Å². The number of methoxy groups -OCH3 is 1. The van der Waals surface area contributed by atoms with Crippen molar-refractivity contribution in [3.63, 3.8) is 0 Å². The smallest absolute Gasteiger partial charge is 0.252 e. The SMILES string of the molecule is COC1(C(=O)NC(C)C2CCOCC2)CCNCC1.Cl. The van der Waals surface area contributed by atoms with Gasteiger partial charge in [0.2, 0.25) is 0 Å². The zero-order valence-corrected chi connectivity index (χ0v) is 13.3. The van der Waals surface area contributed by atoms with Gasteiger partial charge in [0.15, 0.2) is 0 Å². The lowest BCUT2D eigenvalue weighted by atomic mass is 9.88. The third-order valence-electron chi connectivity index (χ3n) is 4.55. The first-order chi connectivity index (χ1) is 9.18. The zero-order valence-electron chi connectivity index (χ0n) is 12.4. The van der Waals surface area contributed by atoms with E-state index < -0.39 is 5.60 Å². The van der Waals surface area contributed by atoms with Gasteiger partial charge in [0.25, 0.3) is 5.91 Å². The largest absolute Gasteiger partial charge is 0.381 e. The topological polar surface area (TPSA) is 59.6 Å². The van der Waals surface area contributed by atoms with Gasteiger partial charge in [-0.1, -0.05) is 0 Å². The molecule has 118 valence electrons. The lowest BCUT2D eigenvalue weighted by molar-refractivity contribution is -0.148. The second-order valence-corrected chi connectivity index (χ2v) is 5.66. The van der Waals surface area contributed by atoms with E-state index in [0.717, 1.165) is 52.0 Å². The minimum atomic E-state index is -0.634. The normalized spacial score (nSPS) is 24.5. The molecule has 2 fully saturated rings. The minimum Gasteiger partial charge on any atom is -0.381 e. The van der Waals surface area contributed by atoms with Crippen molar-refractivity contribution in [1.82, 2.24) is 10.6 Å². The Kier molecular flexibility index (Phi) is 7.23. The molecular formula is C14H27ClN2O3. The molecule has 0 spiro atoms. The van der Waals surface area contributed by atoms with Gasteiger partial charge in [-0.3, -0.25) is 4.79 Å². The summed E-state index contributed by atoms with van der Waals surface area (Å²) >= 11 is 0. The molecule has 0 aromatic rings. The van der Waals surface area contributed by atoms with Gasteiger partial charge in [0, 0.05) is 26.4 Å². The average Bonchev–Trinajstić information content (AvgIpc) is 2.48. The van der Waals surface area contributed by atoms with Gasteiger partial charge in [0.1, 0.15) is 5.60 Å². The summed E-state index contributed by atoms with van der Waals surface area (Å²) in [5.41, 5.74) is -0.634. The average molecular weight is 307 g/mol. The Morgan fingerprint density at radius 3 is 2.50 bits per heavy atom. The van der Waals surface area contributed by atoms with Gasteiger partial charge in [0.05, 0.1) is 0 Å². The van der Waals surface area contributed by atoms with Gasteiger partial charge >= 0.3 is 0 Å². The summed E-state index contributed by atoms with van der Waals surface area (Å²) in [5, 5.41) is 6.43. The predicted octanol–water partition coefficient (Wildman–Crippen LogP) is 1.11. The molecule has 20 heavy (non-hydrogen) atoms. The van der Waals surface area contributed by atoms with E-state index in [4.69, 9.17) is 9.47 Å². The molecule has 0 aliphatic carbocycles. The summed E-state index contributed by atoms with van der Waals surface area (Å²) in [6.45, 7) is 5.40. The molecule has 2 heterocycles. The highest BCUT2D eigenvalue weighted by Crippen LogP contribution is 2.24. The Hall–Kier alpha value is -0.360. The Balaban J connectivity index is 0.00000200. The number of ether oxygens (including phenoxy) is 2. The van der Waals surface area contributed by atoms with Crippen LogP contribution in [0.1, 0.15) is 32.6 Å². The quantitative estimate of drug-likeness (QED) is 0.817. The zero-order chi connectivity index (χ0) is 13.7. The van der Waals surface area contributed by atoms with E-state index in [-0.39, 0.29) is 24.4 Å². The molecule has 1 unspecified atom stereocenters. The van der Waals surface area contributed by atoms with E-state index in [0.29, 0.717) is 5.92 Å². The van der Waals surface area contributed by atoms with Crippen LogP contribution in [0, 0.1) is 5.92 Å². The fourth-order valence-corrected chi connectivity index (χ4v) is 3.03. The van der Waals surface area contributed by atoms with E-state index in [1.807, 2.05) is 0 Å². The van der Waals surface area contributed by atoms with Gasteiger partial charge in [-0.25, -0.2) is 0 Å². The number of piperidine rings is 1. The van der Waals surface area contributed by atoms with Crippen LogP contribution in [0.4, 0.5) is 0 Å². The van der Waals surface area contributed by atoms with E-state index in [9.17, 15) is 4.79 Å². The summed E-state index contributed by atoms with van der Waals surface area (Å²) < 4.78 is 10.9. The maximum Gasteiger partial charge on any atom is 0.252 e. The Bertz CT molecular complexity index is 303. The van der Waals surface area contributed by atoms with Crippen LogP contribution in [-0.2, 0) is 14.3 Å². The molecule has 2 saturated heterocycles. The molecule has 5 nitrogen and oxygen atoms in total. The Morgan fingerprint density at radius 1 is 1.35 bits per heavy atom. The predicted molar refractivity (Wildman–Crippen MR) is 80.2 cm³/mol. The van der Waals surface area contributed by atoms with E-state index in [1.165, 1.54) is 0 Å². The maximum absolute atomic E-state index is 12.5. The highest BCUT2D eigenvalue weighted by Gasteiger charge is 2.40. The molecule has 2 rings (SSSR count). The third-order valence-corrected chi connectivity index (χ3v) is 4.55. The summed E-state index contributed by atoms with van der Waals surface area (Å²) in [7, 11) is 1.64. The van der Waals surface area contributed by atoms with Crippen LogP contribution in [-0.4, -0.2) is 51.0 Å². The number of hydrogen-bond acceptors (Lipinski definition) is 4. The first-order valence-electron chi connectivity index (χ1n) is 7.32. The van der Waals surface area contributed by atoms with Crippen LogP contribution in [0.2, 0.25) is 0 Å². The molecule has 1 atom stereocenters. The van der Waals surface area contributed by atoms with Crippen molar-refractivity contribution >= 4 is 18.3 Å². The fourth-order valence-electron chi connectivity index (χ4n) is 3.03. The summed E-state index contributed by atoms with van der Waals surface area (Å²) in [6.07, 6.45) is 3.55. The molecule has 0 aromatic heterocycles. The van der Waals surface area contributed by atoms with E-state index in [2.05, 4.69) is 17.6 Å². The number of rotatable bonds is 4. The Labute approximate surface area is 127 Å². The molecule has 2 aliphatic heterocycles. The van der Waals surface area contributed by atoms with Crippen molar-refractivity contribution in [2.24, 2.45) is 5.92 Å². The number of hydrogen-bond donors (Lipinski definition) is 2. The molecule has 2 N–H and O–H groups in total. The third kappa shape index (κ3) is 4.07. The lowest BCUT2D eigenvalue weighted by Crippen LogP contribution is -2.56. The van der Waals surface area contributed by atoms with Crippen LogP contribution in [0.25, 0.3) is 0 Å². The highest BCUT2D eigenvalue weighted by molar-refractivity contribution is 5.85. The molecule has 6 heteroatoms. The van der Waals surface area contributed by atoms with Crippen molar-refractivity contribution in [1.29, 1.82) is 0 Å². The Morgan fingerprint density at radius 2 is 1.95 bits per heavy atom. The minimum absolute atomic E-state index is 0. The van der Waals surface area contributed by atoms with Gasteiger partial charge < -0.3 is 20.1 Å². The van der Waals surface area contributed by atoms with Crippen molar-refractivity contribution in [3.05, 3.63) is 0 Å². The van der Waals surface area contributed by atoms with Gasteiger partial charge in [-0.2, -0.15) is 0 Å². The van der Waals surface area contributed by atoms with Gasteiger partial charge in [-0.05, 0) is 51.6 Å². The maximum atomic E-state index is 12.5. The summed E-state index contributed by atoms with van der Waals surface area (Å²) in [6, 6.07) is 0.193. The van der Waals surface area contributed by atoms with E-state index in [1.54, 1.807) is 7.11 Å². The second kappa shape index (κ2) is 8.17. The summed E-state index contributed by atoms with van der Waals surface area (Å²) in [4.78, 5) is 12.5. The number of carbonyl (C=O) groups is 1. The van der Waals surface area contributed by atoms with Crippen LogP contribution >= 0.6 is 12.4 Å². The van der Waals surface area contributed by atoms with Crippen molar-refractivity contribution in [2.75, 3.05) is 33.4 Å². The molecule has 1 amide bonds. The highest BCUT2D eigenvalue weighted by atomic mass is 35.5. The molecule has 2 aliphatic rings. The van der Waals surface area contributed by atoms with Crippen LogP contribution < -0.4 is 10.6 Å². The number of halogens is 1. The molecule has 0 bridgehead atoms. The van der Waals surface area contributed by atoms with Crippen LogP contribution in [0.5, 0.6) is 0 Å². The number of carbonyl (C=O) groups excluding carboxylic acids is 1. The fraction of sp³-hybridized carbons (Fsp3) is 0.929. The molecular weight excluding hydrogens is 280 g/mol.